The standard InChI is InChI=1S/C17H26FNO2/c1-4-17(5-2)11-14(8-9-21-17)19-12-13-6-7-15(20-3)10-16(13)18/h6-7,10,14,19H,4-5,8-9,11-12H2,1-3H3. The van der Waals surface area contributed by atoms with Gasteiger partial charge in [0, 0.05) is 30.8 Å². The van der Waals surface area contributed by atoms with Crippen LogP contribution in [0.1, 0.15) is 45.1 Å². The number of rotatable bonds is 6. The third kappa shape index (κ3) is 3.95. The SMILES string of the molecule is CCC1(CC)CC(NCc2ccc(OC)cc2F)CCO1. The fraction of sp³-hybridized carbons (Fsp3) is 0.647. The van der Waals surface area contributed by atoms with E-state index in [1.165, 1.54) is 6.07 Å². The maximum Gasteiger partial charge on any atom is 0.131 e. The summed E-state index contributed by atoms with van der Waals surface area (Å²) in [6.45, 7) is 5.68. The van der Waals surface area contributed by atoms with E-state index in [4.69, 9.17) is 9.47 Å². The van der Waals surface area contributed by atoms with Crippen LogP contribution in [0.25, 0.3) is 0 Å². The van der Waals surface area contributed by atoms with Crippen molar-refractivity contribution in [2.24, 2.45) is 0 Å². The second-order valence-electron chi connectivity index (χ2n) is 5.77. The van der Waals surface area contributed by atoms with Crippen molar-refractivity contribution >= 4 is 0 Å². The molecule has 1 aliphatic heterocycles. The normalized spacial score (nSPS) is 21.2. The number of methoxy groups -OCH3 is 1. The zero-order valence-electron chi connectivity index (χ0n) is 13.2. The molecule has 1 fully saturated rings. The van der Waals surface area contributed by atoms with Crippen molar-refractivity contribution in [1.29, 1.82) is 0 Å². The Morgan fingerprint density at radius 2 is 2.14 bits per heavy atom. The number of benzene rings is 1. The van der Waals surface area contributed by atoms with Crippen LogP contribution in [0, 0.1) is 5.82 Å². The second-order valence-corrected chi connectivity index (χ2v) is 5.77. The Morgan fingerprint density at radius 3 is 2.76 bits per heavy atom. The van der Waals surface area contributed by atoms with Gasteiger partial charge in [-0.25, -0.2) is 4.39 Å². The molecule has 0 radical (unpaired) electrons. The maximum atomic E-state index is 13.9. The smallest absolute Gasteiger partial charge is 0.131 e. The second kappa shape index (κ2) is 7.23. The van der Waals surface area contributed by atoms with Crippen molar-refractivity contribution in [2.45, 2.75) is 57.7 Å². The number of halogens is 1. The Labute approximate surface area is 126 Å². The predicted molar refractivity (Wildman–Crippen MR) is 82.1 cm³/mol. The molecule has 1 aliphatic rings. The molecule has 0 amide bonds. The number of hydrogen-bond acceptors (Lipinski definition) is 3. The summed E-state index contributed by atoms with van der Waals surface area (Å²) >= 11 is 0. The first-order valence-corrected chi connectivity index (χ1v) is 7.82. The highest BCUT2D eigenvalue weighted by atomic mass is 19.1. The molecule has 1 heterocycles. The van der Waals surface area contributed by atoms with Gasteiger partial charge in [0.2, 0.25) is 0 Å². The monoisotopic (exact) mass is 295 g/mol. The van der Waals surface area contributed by atoms with Crippen molar-refractivity contribution in [3.05, 3.63) is 29.6 Å². The lowest BCUT2D eigenvalue weighted by Crippen LogP contribution is -2.46. The highest BCUT2D eigenvalue weighted by molar-refractivity contribution is 5.28. The van der Waals surface area contributed by atoms with Gasteiger partial charge in [-0.15, -0.1) is 0 Å². The fourth-order valence-electron chi connectivity index (χ4n) is 3.00. The Morgan fingerprint density at radius 1 is 1.38 bits per heavy atom. The number of ether oxygens (including phenoxy) is 2. The van der Waals surface area contributed by atoms with Crippen LogP contribution in [-0.2, 0) is 11.3 Å². The fourth-order valence-corrected chi connectivity index (χ4v) is 3.00. The lowest BCUT2D eigenvalue weighted by molar-refractivity contribution is -0.0932. The highest BCUT2D eigenvalue weighted by Gasteiger charge is 2.34. The minimum absolute atomic E-state index is 0.00559. The van der Waals surface area contributed by atoms with E-state index < -0.39 is 0 Å². The van der Waals surface area contributed by atoms with Crippen LogP contribution in [0.3, 0.4) is 0 Å². The van der Waals surface area contributed by atoms with Gasteiger partial charge < -0.3 is 14.8 Å². The summed E-state index contributed by atoms with van der Waals surface area (Å²) in [5, 5.41) is 3.48. The number of nitrogens with one attached hydrogen (secondary N) is 1. The van der Waals surface area contributed by atoms with Gasteiger partial charge in [-0.05, 0) is 31.7 Å². The molecule has 3 nitrogen and oxygen atoms in total. The van der Waals surface area contributed by atoms with Crippen molar-refractivity contribution < 1.29 is 13.9 Å². The van der Waals surface area contributed by atoms with Gasteiger partial charge in [0.1, 0.15) is 11.6 Å². The van der Waals surface area contributed by atoms with E-state index in [1.54, 1.807) is 19.2 Å². The maximum absolute atomic E-state index is 13.9. The van der Waals surface area contributed by atoms with E-state index in [0.717, 1.165) is 32.3 Å². The molecule has 0 aromatic heterocycles. The van der Waals surface area contributed by atoms with E-state index in [-0.39, 0.29) is 11.4 Å². The molecule has 1 saturated heterocycles. The summed E-state index contributed by atoms with van der Waals surface area (Å²) in [5.74, 6) is 0.337. The van der Waals surface area contributed by atoms with Crippen LogP contribution >= 0.6 is 0 Å². The van der Waals surface area contributed by atoms with E-state index in [1.807, 2.05) is 0 Å². The average molecular weight is 295 g/mol. The summed E-state index contributed by atoms with van der Waals surface area (Å²) in [5.41, 5.74) is 0.676. The highest BCUT2D eigenvalue weighted by Crippen LogP contribution is 2.31. The topological polar surface area (TPSA) is 30.5 Å². The third-order valence-corrected chi connectivity index (χ3v) is 4.62. The first kappa shape index (κ1) is 16.2. The Bertz CT molecular complexity index is 460. The Balaban J connectivity index is 1.93. The van der Waals surface area contributed by atoms with Gasteiger partial charge in [-0.3, -0.25) is 0 Å². The van der Waals surface area contributed by atoms with Gasteiger partial charge in [0.25, 0.3) is 0 Å². The lowest BCUT2D eigenvalue weighted by Gasteiger charge is -2.40. The van der Waals surface area contributed by atoms with E-state index in [0.29, 0.717) is 23.9 Å². The number of hydrogen-bond donors (Lipinski definition) is 1. The van der Waals surface area contributed by atoms with Crippen molar-refractivity contribution in [1.82, 2.24) is 5.32 Å². The quantitative estimate of drug-likeness (QED) is 0.868. The van der Waals surface area contributed by atoms with Gasteiger partial charge in [0.15, 0.2) is 0 Å². The first-order valence-electron chi connectivity index (χ1n) is 7.82. The summed E-state index contributed by atoms with van der Waals surface area (Å²) in [7, 11) is 1.55. The molecule has 0 aliphatic carbocycles. The minimum Gasteiger partial charge on any atom is -0.497 e. The summed E-state index contributed by atoms with van der Waals surface area (Å²) in [6, 6.07) is 5.41. The van der Waals surface area contributed by atoms with Crippen molar-refractivity contribution in [2.75, 3.05) is 13.7 Å². The molecule has 1 atom stereocenters. The molecule has 21 heavy (non-hydrogen) atoms. The molecule has 1 aromatic rings. The predicted octanol–water partition coefficient (Wildman–Crippen LogP) is 3.66. The zero-order valence-corrected chi connectivity index (χ0v) is 13.2. The molecule has 2 rings (SSSR count). The molecule has 1 unspecified atom stereocenters. The van der Waals surface area contributed by atoms with E-state index >= 15 is 0 Å². The van der Waals surface area contributed by atoms with Crippen LogP contribution < -0.4 is 10.1 Å². The van der Waals surface area contributed by atoms with Crippen molar-refractivity contribution in [3.63, 3.8) is 0 Å². The summed E-state index contributed by atoms with van der Waals surface area (Å²) < 4.78 is 24.9. The molecule has 0 bridgehead atoms. The molecule has 0 saturated carbocycles. The molecule has 118 valence electrons. The summed E-state index contributed by atoms with van der Waals surface area (Å²) in [4.78, 5) is 0. The van der Waals surface area contributed by atoms with Crippen LogP contribution in [0.15, 0.2) is 18.2 Å². The Kier molecular flexibility index (Phi) is 5.59. The molecular formula is C17H26FNO2. The van der Waals surface area contributed by atoms with Crippen molar-refractivity contribution in [3.8, 4) is 5.75 Å². The van der Waals surface area contributed by atoms with Crippen LogP contribution in [0.4, 0.5) is 4.39 Å². The first-order chi connectivity index (χ1) is 10.1. The third-order valence-electron chi connectivity index (χ3n) is 4.62. The van der Waals surface area contributed by atoms with E-state index in [2.05, 4.69) is 19.2 Å². The molecule has 0 spiro atoms. The molecular weight excluding hydrogens is 269 g/mol. The Hall–Kier alpha value is -1.13. The molecule has 1 N–H and O–H groups in total. The van der Waals surface area contributed by atoms with Crippen LogP contribution in [0.2, 0.25) is 0 Å². The van der Waals surface area contributed by atoms with Gasteiger partial charge in [0.05, 0.1) is 12.7 Å². The van der Waals surface area contributed by atoms with Gasteiger partial charge in [-0.2, -0.15) is 0 Å². The van der Waals surface area contributed by atoms with Crippen LogP contribution in [-0.4, -0.2) is 25.4 Å². The van der Waals surface area contributed by atoms with Gasteiger partial charge in [-0.1, -0.05) is 19.9 Å². The minimum atomic E-state index is -0.217. The lowest BCUT2D eigenvalue weighted by atomic mass is 9.86. The zero-order chi connectivity index (χ0) is 15.3. The van der Waals surface area contributed by atoms with E-state index in [9.17, 15) is 4.39 Å². The largest absolute Gasteiger partial charge is 0.497 e. The molecule has 4 heteroatoms. The summed E-state index contributed by atoms with van der Waals surface area (Å²) in [6.07, 6.45) is 4.04. The molecule has 1 aromatic carbocycles. The average Bonchev–Trinajstić information content (AvgIpc) is 2.53. The van der Waals surface area contributed by atoms with Crippen LogP contribution in [0.5, 0.6) is 5.75 Å². The van der Waals surface area contributed by atoms with Gasteiger partial charge >= 0.3 is 0 Å².